The van der Waals surface area contributed by atoms with Gasteiger partial charge in [0.25, 0.3) is 5.69 Å². The molecule has 2 aromatic rings. The summed E-state index contributed by atoms with van der Waals surface area (Å²) in [4.78, 5) is 22.5. The number of nitro benzene ring substituents is 1. The Labute approximate surface area is 155 Å². The molecule has 26 heavy (non-hydrogen) atoms. The molecule has 0 aliphatic heterocycles. The molecule has 0 heterocycles. The van der Waals surface area contributed by atoms with E-state index in [4.69, 9.17) is 11.6 Å². The van der Waals surface area contributed by atoms with Gasteiger partial charge in [0.1, 0.15) is 0 Å². The van der Waals surface area contributed by atoms with Crippen molar-refractivity contribution in [2.75, 3.05) is 18.1 Å². The molecule has 1 amide bonds. The van der Waals surface area contributed by atoms with Crippen molar-refractivity contribution < 1.29 is 18.1 Å². The first-order chi connectivity index (χ1) is 12.2. The molecular weight excluding hydrogens is 382 g/mol. The lowest BCUT2D eigenvalue weighted by atomic mass is 10.2. The molecule has 0 aliphatic rings. The largest absolute Gasteiger partial charge is 0.323 e. The van der Waals surface area contributed by atoms with Gasteiger partial charge in [0, 0.05) is 18.7 Å². The predicted octanol–water partition coefficient (Wildman–Crippen LogP) is 2.65. The number of rotatable bonds is 7. The molecule has 0 fully saturated rings. The third-order valence-corrected chi connectivity index (χ3v) is 4.95. The lowest BCUT2D eigenvalue weighted by molar-refractivity contribution is -0.384. The summed E-state index contributed by atoms with van der Waals surface area (Å²) in [7, 11) is -3.65. The molecule has 0 aliphatic carbocycles. The Hall–Kier alpha value is -2.49. The molecule has 0 aromatic heterocycles. The van der Waals surface area contributed by atoms with Gasteiger partial charge < -0.3 is 5.32 Å². The summed E-state index contributed by atoms with van der Waals surface area (Å²) in [6.45, 7) is -0.428. The zero-order valence-corrected chi connectivity index (χ0v) is 15.3. The number of nitrogens with zero attached hydrogens (tertiary/aromatic N) is 2. The number of benzene rings is 2. The molecule has 0 unspecified atom stereocenters. The van der Waals surface area contributed by atoms with E-state index in [0.29, 0.717) is 0 Å². The fourth-order valence-corrected chi connectivity index (χ4v) is 3.05. The molecule has 8 nitrogen and oxygen atoms in total. The highest BCUT2D eigenvalue weighted by Gasteiger charge is 2.21. The number of anilines is 1. The lowest BCUT2D eigenvalue weighted by Crippen LogP contribution is -2.36. The van der Waals surface area contributed by atoms with Gasteiger partial charge in [-0.3, -0.25) is 14.9 Å². The average Bonchev–Trinajstić information content (AvgIpc) is 2.56. The van der Waals surface area contributed by atoms with Gasteiger partial charge in [0.2, 0.25) is 15.9 Å². The van der Waals surface area contributed by atoms with Gasteiger partial charge in [-0.15, -0.1) is 0 Å². The van der Waals surface area contributed by atoms with E-state index in [-0.39, 0.29) is 22.9 Å². The third kappa shape index (κ3) is 5.51. The highest BCUT2D eigenvalue weighted by molar-refractivity contribution is 7.88. The number of sulfonamides is 1. The van der Waals surface area contributed by atoms with Crippen molar-refractivity contribution >= 4 is 38.9 Å². The van der Waals surface area contributed by atoms with E-state index in [0.717, 1.165) is 22.2 Å². The Balaban J connectivity index is 2.15. The average molecular weight is 398 g/mol. The second-order valence-corrected chi connectivity index (χ2v) is 7.88. The minimum atomic E-state index is -3.65. The number of nitro groups is 1. The maximum atomic E-state index is 12.2. The van der Waals surface area contributed by atoms with Crippen LogP contribution in [0, 0.1) is 10.1 Å². The van der Waals surface area contributed by atoms with Crippen molar-refractivity contribution in [2.24, 2.45) is 0 Å². The summed E-state index contributed by atoms with van der Waals surface area (Å²) < 4.78 is 24.9. The first-order valence-corrected chi connectivity index (χ1v) is 9.62. The standard InChI is InChI=1S/C16H16ClN3O5S/c1-26(24,25)19(10-12-5-3-2-4-6-12)11-16(21)18-15-9-13(20(22)23)7-8-14(15)17/h2-9H,10-11H2,1H3,(H,18,21). The summed E-state index contributed by atoms with van der Waals surface area (Å²) in [6.07, 6.45) is 1.00. The zero-order valence-electron chi connectivity index (χ0n) is 13.8. The second kappa shape index (κ2) is 8.26. The van der Waals surface area contributed by atoms with Crippen molar-refractivity contribution in [3.8, 4) is 0 Å². The summed E-state index contributed by atoms with van der Waals surface area (Å²) in [6, 6.07) is 12.4. The van der Waals surface area contributed by atoms with Gasteiger partial charge >= 0.3 is 0 Å². The first kappa shape index (κ1) is 19.8. The van der Waals surface area contributed by atoms with Crippen LogP contribution in [-0.2, 0) is 21.4 Å². The van der Waals surface area contributed by atoms with Crippen LogP contribution in [0.3, 0.4) is 0 Å². The maximum Gasteiger partial charge on any atom is 0.271 e. The summed E-state index contributed by atoms with van der Waals surface area (Å²) in [5.74, 6) is -0.659. The Morgan fingerprint density at radius 1 is 1.23 bits per heavy atom. The molecule has 0 bridgehead atoms. The summed E-state index contributed by atoms with van der Waals surface area (Å²) in [5, 5.41) is 13.3. The lowest BCUT2D eigenvalue weighted by Gasteiger charge is -2.19. The van der Waals surface area contributed by atoms with Crippen LogP contribution in [0.5, 0.6) is 0 Å². The quantitative estimate of drug-likeness (QED) is 0.570. The van der Waals surface area contributed by atoms with Crippen molar-refractivity contribution in [1.29, 1.82) is 0 Å². The summed E-state index contributed by atoms with van der Waals surface area (Å²) >= 11 is 5.93. The van der Waals surface area contributed by atoms with Gasteiger partial charge in [0.15, 0.2) is 0 Å². The van der Waals surface area contributed by atoms with Gasteiger partial charge in [0.05, 0.1) is 28.4 Å². The van der Waals surface area contributed by atoms with Crippen LogP contribution < -0.4 is 5.32 Å². The van der Waals surface area contributed by atoms with Gasteiger partial charge in [-0.25, -0.2) is 8.42 Å². The van der Waals surface area contributed by atoms with Gasteiger partial charge in [-0.2, -0.15) is 4.31 Å². The number of nitrogens with one attached hydrogen (secondary N) is 1. The molecule has 1 N–H and O–H groups in total. The number of hydrogen-bond donors (Lipinski definition) is 1. The highest BCUT2D eigenvalue weighted by atomic mass is 35.5. The molecule has 138 valence electrons. The monoisotopic (exact) mass is 397 g/mol. The zero-order chi connectivity index (χ0) is 19.3. The van der Waals surface area contributed by atoms with E-state index in [1.54, 1.807) is 30.3 Å². The molecule has 0 saturated carbocycles. The maximum absolute atomic E-state index is 12.2. The Bertz CT molecular complexity index is 919. The first-order valence-electron chi connectivity index (χ1n) is 7.39. The molecule has 0 saturated heterocycles. The van der Waals surface area contributed by atoms with Gasteiger partial charge in [-0.05, 0) is 11.6 Å². The van der Waals surface area contributed by atoms with E-state index < -0.39 is 27.4 Å². The second-order valence-electron chi connectivity index (χ2n) is 5.49. The van der Waals surface area contributed by atoms with E-state index in [1.807, 2.05) is 0 Å². The number of hydrogen-bond acceptors (Lipinski definition) is 5. The van der Waals surface area contributed by atoms with Crippen LogP contribution in [-0.4, -0.2) is 36.4 Å². The number of carbonyl (C=O) groups is 1. The van der Waals surface area contributed by atoms with Crippen molar-refractivity contribution in [3.63, 3.8) is 0 Å². The van der Waals surface area contributed by atoms with Crippen LogP contribution in [0.25, 0.3) is 0 Å². The number of amides is 1. The number of halogens is 1. The molecule has 10 heteroatoms. The fraction of sp³-hybridized carbons (Fsp3) is 0.188. The summed E-state index contributed by atoms with van der Waals surface area (Å²) in [5.41, 5.74) is 0.520. The number of carbonyl (C=O) groups excluding carboxylic acids is 1. The third-order valence-electron chi connectivity index (χ3n) is 3.43. The number of non-ortho nitro benzene ring substituents is 1. The molecular formula is C16H16ClN3O5S. The topological polar surface area (TPSA) is 110 Å². The van der Waals surface area contributed by atoms with Crippen LogP contribution in [0.15, 0.2) is 48.5 Å². The van der Waals surface area contributed by atoms with E-state index >= 15 is 0 Å². The minimum Gasteiger partial charge on any atom is -0.323 e. The van der Waals surface area contributed by atoms with Crippen molar-refractivity contribution in [2.45, 2.75) is 6.54 Å². The SMILES string of the molecule is CS(=O)(=O)N(CC(=O)Nc1cc([N+](=O)[O-])ccc1Cl)Cc1ccccc1. The molecule has 0 radical (unpaired) electrons. The Kier molecular flexibility index (Phi) is 6.30. The molecule has 2 rings (SSSR count). The molecule has 0 atom stereocenters. The minimum absolute atomic E-state index is 0.0236. The smallest absolute Gasteiger partial charge is 0.271 e. The normalized spacial score (nSPS) is 11.3. The van der Waals surface area contributed by atoms with E-state index in [1.165, 1.54) is 12.1 Å². The predicted molar refractivity (Wildman–Crippen MR) is 98.4 cm³/mol. The van der Waals surface area contributed by atoms with Gasteiger partial charge in [-0.1, -0.05) is 41.9 Å². The van der Waals surface area contributed by atoms with E-state index in [9.17, 15) is 23.3 Å². The Morgan fingerprint density at radius 3 is 2.46 bits per heavy atom. The molecule has 0 spiro atoms. The van der Waals surface area contributed by atoms with Crippen molar-refractivity contribution in [1.82, 2.24) is 4.31 Å². The van der Waals surface area contributed by atoms with E-state index in [2.05, 4.69) is 5.32 Å². The Morgan fingerprint density at radius 2 is 1.88 bits per heavy atom. The van der Waals surface area contributed by atoms with Crippen LogP contribution in [0.2, 0.25) is 5.02 Å². The van der Waals surface area contributed by atoms with Crippen molar-refractivity contribution in [3.05, 3.63) is 69.2 Å². The fourth-order valence-electron chi connectivity index (χ4n) is 2.15. The molecule has 2 aromatic carbocycles. The van der Waals surface area contributed by atoms with Crippen LogP contribution >= 0.6 is 11.6 Å². The van der Waals surface area contributed by atoms with Crippen LogP contribution in [0.4, 0.5) is 11.4 Å². The highest BCUT2D eigenvalue weighted by Crippen LogP contribution is 2.26. The van der Waals surface area contributed by atoms with Crippen LogP contribution in [0.1, 0.15) is 5.56 Å².